The maximum absolute atomic E-state index is 5.37. The van der Waals surface area contributed by atoms with Crippen LogP contribution in [0.15, 0.2) is 36.6 Å². The summed E-state index contributed by atoms with van der Waals surface area (Å²) in [5, 5.41) is 0. The highest BCUT2D eigenvalue weighted by Crippen LogP contribution is 1.99. The topological polar surface area (TPSA) is 9.23 Å². The molecule has 0 unspecified atom stereocenters. The van der Waals surface area contributed by atoms with Crippen molar-refractivity contribution in [1.29, 1.82) is 0 Å². The van der Waals surface area contributed by atoms with E-state index in [1.165, 1.54) is 0 Å². The Bertz CT molecular complexity index is 155. The number of hydrogen-bond donors (Lipinski definition) is 0. The van der Waals surface area contributed by atoms with E-state index in [1.807, 2.05) is 52.8 Å². The van der Waals surface area contributed by atoms with Crippen molar-refractivity contribution in [2.24, 2.45) is 0 Å². The summed E-state index contributed by atoms with van der Waals surface area (Å²) in [4.78, 5) is 0. The normalized spacial score (nSPS) is 9.60. The van der Waals surface area contributed by atoms with Crippen LogP contribution in [0.5, 0.6) is 0 Å². The van der Waals surface area contributed by atoms with Crippen LogP contribution in [0, 0.1) is 0 Å². The van der Waals surface area contributed by atoms with Crippen molar-refractivity contribution < 1.29 is 4.74 Å². The van der Waals surface area contributed by atoms with Crippen LogP contribution in [0.1, 0.15) is 48.0 Å². The van der Waals surface area contributed by atoms with Crippen molar-refractivity contribution in [3.8, 4) is 0 Å². The molecule has 0 aliphatic carbocycles. The molecule has 0 aliphatic rings. The van der Waals surface area contributed by atoms with E-state index in [0.29, 0.717) is 0 Å². The third-order valence-electron chi connectivity index (χ3n) is 1.15. The highest BCUT2D eigenvalue weighted by atomic mass is 16.5. The van der Waals surface area contributed by atoms with E-state index in [2.05, 4.69) is 13.5 Å². The molecule has 0 aromatic rings. The quantitative estimate of drug-likeness (QED) is 0.454. The van der Waals surface area contributed by atoms with Crippen LogP contribution in [0.4, 0.5) is 0 Å². The molecule has 0 saturated carbocycles. The minimum absolute atomic E-state index is 0.779. The van der Waals surface area contributed by atoms with Crippen molar-refractivity contribution in [2.75, 3.05) is 6.61 Å². The molecule has 1 heteroatoms. The lowest BCUT2D eigenvalue weighted by molar-refractivity contribution is 0.224. The van der Waals surface area contributed by atoms with Gasteiger partial charge in [-0.3, -0.25) is 0 Å². The predicted octanol–water partition coefficient (Wildman–Crippen LogP) is 5.11. The van der Waals surface area contributed by atoms with Crippen molar-refractivity contribution in [3.05, 3.63) is 36.6 Å². The van der Waals surface area contributed by atoms with Gasteiger partial charge in [-0.05, 0) is 25.5 Å². The molecule has 15 heavy (non-hydrogen) atoms. The molecule has 0 fully saturated rings. The number of allylic oxidation sites excluding steroid dienone is 4. The minimum atomic E-state index is 0.779. The van der Waals surface area contributed by atoms with Gasteiger partial charge in [-0.25, -0.2) is 0 Å². The fraction of sp³-hybridized carbons (Fsp3) is 0.571. The van der Waals surface area contributed by atoms with Crippen LogP contribution >= 0.6 is 0 Å². The van der Waals surface area contributed by atoms with Gasteiger partial charge >= 0.3 is 0 Å². The van der Waals surface area contributed by atoms with Gasteiger partial charge in [0.1, 0.15) is 5.76 Å². The molecule has 0 aliphatic heterocycles. The van der Waals surface area contributed by atoms with Gasteiger partial charge in [-0.2, -0.15) is 0 Å². The first-order chi connectivity index (χ1) is 7.35. The first kappa shape index (κ1) is 19.6. The second-order valence-electron chi connectivity index (χ2n) is 2.13. The fourth-order valence-electron chi connectivity index (χ4n) is 0.610. The Kier molecular flexibility index (Phi) is 30.2. The second kappa shape index (κ2) is 23.1. The number of hydrogen-bond acceptors (Lipinski definition) is 1. The zero-order valence-corrected chi connectivity index (χ0v) is 11.3. The van der Waals surface area contributed by atoms with Gasteiger partial charge in [0.25, 0.3) is 0 Å². The molecular weight excluding hydrogens is 184 g/mol. The zero-order valence-electron chi connectivity index (χ0n) is 11.3. The Morgan fingerprint density at radius 3 is 2.07 bits per heavy atom. The third-order valence-corrected chi connectivity index (χ3v) is 1.15. The van der Waals surface area contributed by atoms with E-state index < -0.39 is 0 Å². The molecule has 0 atom stereocenters. The summed E-state index contributed by atoms with van der Waals surface area (Å²) >= 11 is 0. The molecule has 0 amide bonds. The Balaban J connectivity index is -0.000000318. The molecule has 0 rings (SSSR count). The minimum Gasteiger partial charge on any atom is -0.494 e. The first-order valence-electron chi connectivity index (χ1n) is 5.93. The van der Waals surface area contributed by atoms with Gasteiger partial charge in [0, 0.05) is 0 Å². The largest absolute Gasteiger partial charge is 0.494 e. The maximum Gasteiger partial charge on any atom is 0.115 e. The van der Waals surface area contributed by atoms with Crippen LogP contribution in [0.3, 0.4) is 0 Å². The van der Waals surface area contributed by atoms with Crippen molar-refractivity contribution in [2.45, 2.75) is 48.0 Å². The molecular formula is C14H28O. The first-order valence-corrected chi connectivity index (χ1v) is 5.93. The SMILES string of the molecule is C=C/C=C\C(=C/C)OCCC.CC.CC. The Labute approximate surface area is 96.5 Å². The van der Waals surface area contributed by atoms with Gasteiger partial charge in [0.05, 0.1) is 6.61 Å². The molecule has 0 N–H and O–H groups in total. The Hall–Kier alpha value is -0.980. The standard InChI is InChI=1S/C10H16O.2C2H6/c1-4-7-8-10(6-3)11-9-5-2;2*1-2/h4,6-8H,1,5,9H2,2-3H3;2*1-2H3/b8-7-,10-6+;;. The van der Waals surface area contributed by atoms with E-state index in [1.54, 1.807) is 6.08 Å². The van der Waals surface area contributed by atoms with E-state index >= 15 is 0 Å². The summed E-state index contributed by atoms with van der Waals surface area (Å²) in [6.07, 6.45) is 8.49. The van der Waals surface area contributed by atoms with Crippen LogP contribution in [0.2, 0.25) is 0 Å². The molecule has 0 aromatic heterocycles. The van der Waals surface area contributed by atoms with Gasteiger partial charge in [0.15, 0.2) is 0 Å². The summed E-state index contributed by atoms with van der Waals surface area (Å²) in [5.74, 6) is 0.909. The van der Waals surface area contributed by atoms with Gasteiger partial charge < -0.3 is 4.74 Å². The lowest BCUT2D eigenvalue weighted by Crippen LogP contribution is -1.89. The van der Waals surface area contributed by atoms with Crippen LogP contribution < -0.4 is 0 Å². The lowest BCUT2D eigenvalue weighted by Gasteiger charge is -2.02. The monoisotopic (exact) mass is 212 g/mol. The molecule has 0 bridgehead atoms. The molecule has 0 spiro atoms. The summed E-state index contributed by atoms with van der Waals surface area (Å²) < 4.78 is 5.37. The Morgan fingerprint density at radius 2 is 1.73 bits per heavy atom. The van der Waals surface area contributed by atoms with Crippen LogP contribution in [-0.4, -0.2) is 6.61 Å². The average molecular weight is 212 g/mol. The molecule has 90 valence electrons. The van der Waals surface area contributed by atoms with E-state index in [-0.39, 0.29) is 0 Å². The van der Waals surface area contributed by atoms with Crippen molar-refractivity contribution >= 4 is 0 Å². The highest BCUT2D eigenvalue weighted by Gasteiger charge is 1.87. The van der Waals surface area contributed by atoms with E-state index in [4.69, 9.17) is 4.74 Å². The molecule has 1 nitrogen and oxygen atoms in total. The van der Waals surface area contributed by atoms with E-state index in [0.717, 1.165) is 18.8 Å². The summed E-state index contributed by atoms with van der Waals surface area (Å²) in [6, 6.07) is 0. The van der Waals surface area contributed by atoms with Gasteiger partial charge in [0.2, 0.25) is 0 Å². The smallest absolute Gasteiger partial charge is 0.115 e. The van der Waals surface area contributed by atoms with Gasteiger partial charge in [-0.15, -0.1) is 0 Å². The predicted molar refractivity (Wildman–Crippen MR) is 72.0 cm³/mol. The number of rotatable bonds is 5. The average Bonchev–Trinajstić information content (AvgIpc) is 2.34. The third kappa shape index (κ3) is 19.4. The number of ether oxygens (including phenoxy) is 1. The highest BCUT2D eigenvalue weighted by molar-refractivity contribution is 5.15. The summed E-state index contributed by atoms with van der Waals surface area (Å²) in [6.45, 7) is 16.4. The lowest BCUT2D eigenvalue weighted by atomic mass is 10.4. The zero-order chi connectivity index (χ0) is 12.5. The van der Waals surface area contributed by atoms with Crippen LogP contribution in [-0.2, 0) is 4.74 Å². The maximum atomic E-state index is 5.37. The summed E-state index contributed by atoms with van der Waals surface area (Å²) in [5.41, 5.74) is 0. The molecule has 0 saturated heterocycles. The summed E-state index contributed by atoms with van der Waals surface area (Å²) in [7, 11) is 0. The molecule has 0 aromatic carbocycles. The molecule has 0 radical (unpaired) electrons. The Morgan fingerprint density at radius 1 is 1.20 bits per heavy atom. The van der Waals surface area contributed by atoms with E-state index in [9.17, 15) is 0 Å². The molecule has 0 heterocycles. The second-order valence-corrected chi connectivity index (χ2v) is 2.13. The van der Waals surface area contributed by atoms with Crippen molar-refractivity contribution in [1.82, 2.24) is 0 Å². The van der Waals surface area contributed by atoms with Gasteiger partial charge in [-0.1, -0.05) is 53.3 Å². The van der Waals surface area contributed by atoms with Crippen molar-refractivity contribution in [3.63, 3.8) is 0 Å². The van der Waals surface area contributed by atoms with Crippen LogP contribution in [0.25, 0.3) is 0 Å². The fourth-order valence-corrected chi connectivity index (χ4v) is 0.610.